The molecule has 0 saturated heterocycles. The minimum Gasteiger partial charge on any atom is -0.0621 e. The number of hydrogen-bond donors (Lipinski definition) is 0. The topological polar surface area (TPSA) is 0 Å². The largest absolute Gasteiger partial charge is 0.0621 e. The first kappa shape index (κ1) is 16.4. The van der Waals surface area contributed by atoms with Crippen molar-refractivity contribution in [3.63, 3.8) is 0 Å². The van der Waals surface area contributed by atoms with E-state index in [0.717, 1.165) is 11.8 Å². The molecule has 0 aliphatic heterocycles. The van der Waals surface area contributed by atoms with Gasteiger partial charge in [-0.1, -0.05) is 86.2 Å². The fourth-order valence-corrected chi connectivity index (χ4v) is 5.58. The molecule has 0 radical (unpaired) electrons. The van der Waals surface area contributed by atoms with Gasteiger partial charge >= 0.3 is 0 Å². The molecule has 0 amide bonds. The van der Waals surface area contributed by atoms with E-state index in [0.29, 0.717) is 0 Å². The molecule has 0 unspecified atom stereocenters. The molecule has 0 spiro atoms. The molecule has 5 rings (SSSR count). The lowest BCUT2D eigenvalue weighted by molar-refractivity contribution is 0.443. The third-order valence-electron chi connectivity index (χ3n) is 7.10. The maximum absolute atomic E-state index is 2.54. The van der Waals surface area contributed by atoms with Crippen LogP contribution in [0, 0.1) is 5.92 Å². The summed E-state index contributed by atoms with van der Waals surface area (Å²) in [5.41, 5.74) is 9.13. The average Bonchev–Trinajstić information content (AvgIpc) is 3.38. The maximum atomic E-state index is 2.54. The van der Waals surface area contributed by atoms with E-state index in [1.165, 1.54) is 80.9 Å². The average molecular weight is 343 g/mol. The van der Waals surface area contributed by atoms with Gasteiger partial charge in [-0.15, -0.1) is 0 Å². The molecule has 0 heteroatoms. The van der Waals surface area contributed by atoms with Crippen molar-refractivity contribution in [3.05, 3.63) is 64.7 Å². The van der Waals surface area contributed by atoms with E-state index in [-0.39, 0.29) is 0 Å². The molecule has 3 aliphatic rings. The molecule has 3 aliphatic carbocycles. The number of benzene rings is 2. The maximum Gasteiger partial charge on any atom is -0.00548 e. The highest BCUT2D eigenvalue weighted by Gasteiger charge is 2.25. The quantitative estimate of drug-likeness (QED) is 0.540. The van der Waals surface area contributed by atoms with Crippen LogP contribution in [0.2, 0.25) is 0 Å². The van der Waals surface area contributed by atoms with Crippen LogP contribution < -0.4 is 0 Å². The third kappa shape index (κ3) is 3.04. The van der Waals surface area contributed by atoms with E-state index in [4.69, 9.17) is 0 Å². The first-order valence-electron chi connectivity index (χ1n) is 10.8. The zero-order valence-corrected chi connectivity index (χ0v) is 15.8. The lowest BCUT2D eigenvalue weighted by Crippen LogP contribution is -2.04. The molecule has 0 aromatic heterocycles. The van der Waals surface area contributed by atoms with Crippen LogP contribution in [-0.2, 0) is 6.42 Å². The summed E-state index contributed by atoms with van der Waals surface area (Å²) in [4.78, 5) is 0. The van der Waals surface area contributed by atoms with E-state index in [1.54, 1.807) is 16.7 Å². The lowest BCUT2D eigenvalue weighted by Gasteiger charge is -2.22. The van der Waals surface area contributed by atoms with E-state index in [9.17, 15) is 0 Å². The second-order valence-corrected chi connectivity index (χ2v) is 8.71. The molecule has 134 valence electrons. The highest BCUT2D eigenvalue weighted by atomic mass is 14.3. The van der Waals surface area contributed by atoms with Crippen LogP contribution in [-0.4, -0.2) is 0 Å². The van der Waals surface area contributed by atoms with Crippen molar-refractivity contribution in [2.75, 3.05) is 0 Å². The van der Waals surface area contributed by atoms with Gasteiger partial charge in [0, 0.05) is 0 Å². The first-order chi connectivity index (χ1) is 12.9. The number of allylic oxidation sites excluding steroid dienone is 1. The van der Waals surface area contributed by atoms with Crippen molar-refractivity contribution in [1.82, 2.24) is 0 Å². The van der Waals surface area contributed by atoms with Gasteiger partial charge in [-0.05, 0) is 71.8 Å². The summed E-state index contributed by atoms with van der Waals surface area (Å²) >= 11 is 0. The number of rotatable bonds is 3. The monoisotopic (exact) mass is 342 g/mol. The van der Waals surface area contributed by atoms with Crippen molar-refractivity contribution in [2.24, 2.45) is 5.92 Å². The summed E-state index contributed by atoms with van der Waals surface area (Å²) in [5.74, 6) is 1.65. The highest BCUT2D eigenvalue weighted by Crippen LogP contribution is 2.41. The normalized spacial score (nSPS) is 21.0. The molecular formula is C26H30. The van der Waals surface area contributed by atoms with Gasteiger partial charge in [-0.2, -0.15) is 0 Å². The Kier molecular flexibility index (Phi) is 4.44. The fraction of sp³-hybridized carbons (Fsp3) is 0.462. The zero-order chi connectivity index (χ0) is 17.3. The minimum absolute atomic E-state index is 0.799. The third-order valence-corrected chi connectivity index (χ3v) is 7.10. The van der Waals surface area contributed by atoms with Crippen LogP contribution in [0.1, 0.15) is 80.4 Å². The van der Waals surface area contributed by atoms with Crippen LogP contribution in [0.3, 0.4) is 0 Å². The molecule has 0 nitrogen and oxygen atoms in total. The van der Waals surface area contributed by atoms with Gasteiger partial charge in [-0.25, -0.2) is 0 Å². The van der Waals surface area contributed by atoms with Crippen LogP contribution in [0.15, 0.2) is 48.0 Å². The smallest absolute Gasteiger partial charge is 0.00548 e. The molecular weight excluding hydrogens is 312 g/mol. The Morgan fingerprint density at radius 1 is 0.654 bits per heavy atom. The Bertz CT molecular complexity index is 796. The Labute approximate surface area is 158 Å². The van der Waals surface area contributed by atoms with Crippen molar-refractivity contribution >= 4 is 6.08 Å². The predicted molar refractivity (Wildman–Crippen MR) is 111 cm³/mol. The number of hydrogen-bond acceptors (Lipinski definition) is 0. The standard InChI is InChI=1S/C26H30/c1-2-7-19(8-3-1)21-13-15-22(16-14-21)25-12-6-11-23-17-24(18-26(23)25)20-9-4-5-10-20/h6,11-16,18-20H,1-5,7-10,17H2. The van der Waals surface area contributed by atoms with Crippen LogP contribution in [0.5, 0.6) is 0 Å². The first-order valence-corrected chi connectivity index (χ1v) is 10.8. The van der Waals surface area contributed by atoms with Crippen molar-refractivity contribution in [3.8, 4) is 11.1 Å². The zero-order valence-electron chi connectivity index (χ0n) is 15.8. The van der Waals surface area contributed by atoms with Crippen molar-refractivity contribution < 1.29 is 0 Å². The van der Waals surface area contributed by atoms with Gasteiger partial charge < -0.3 is 0 Å². The molecule has 2 aromatic carbocycles. The summed E-state index contributed by atoms with van der Waals surface area (Å²) in [6.07, 6.45) is 16.4. The van der Waals surface area contributed by atoms with Crippen molar-refractivity contribution in [1.29, 1.82) is 0 Å². The molecule has 0 bridgehead atoms. The van der Waals surface area contributed by atoms with Gasteiger partial charge in [0.1, 0.15) is 0 Å². The molecule has 0 atom stereocenters. The molecule has 26 heavy (non-hydrogen) atoms. The molecule has 0 heterocycles. The summed E-state index contributed by atoms with van der Waals surface area (Å²) in [6, 6.07) is 16.5. The fourth-order valence-electron chi connectivity index (χ4n) is 5.58. The van der Waals surface area contributed by atoms with E-state index in [2.05, 4.69) is 48.5 Å². The molecule has 2 saturated carbocycles. The molecule has 2 aromatic rings. The van der Waals surface area contributed by atoms with Crippen LogP contribution in [0.4, 0.5) is 0 Å². The van der Waals surface area contributed by atoms with Gasteiger partial charge in [0.15, 0.2) is 0 Å². The van der Waals surface area contributed by atoms with E-state index >= 15 is 0 Å². The molecule has 0 N–H and O–H groups in total. The highest BCUT2D eigenvalue weighted by molar-refractivity contribution is 5.81. The van der Waals surface area contributed by atoms with Gasteiger partial charge in [0.2, 0.25) is 0 Å². The van der Waals surface area contributed by atoms with Crippen LogP contribution in [0.25, 0.3) is 17.2 Å². The van der Waals surface area contributed by atoms with E-state index < -0.39 is 0 Å². The predicted octanol–water partition coefficient (Wildman–Crippen LogP) is 7.53. The van der Waals surface area contributed by atoms with Crippen LogP contribution >= 0.6 is 0 Å². The Morgan fingerprint density at radius 3 is 2.12 bits per heavy atom. The summed E-state index contributed by atoms with van der Waals surface area (Å²) in [7, 11) is 0. The molecule has 2 fully saturated rings. The second kappa shape index (κ2) is 7.06. The summed E-state index contributed by atoms with van der Waals surface area (Å²) in [6.45, 7) is 0. The Morgan fingerprint density at radius 2 is 1.35 bits per heavy atom. The van der Waals surface area contributed by atoms with Crippen molar-refractivity contribution in [2.45, 2.75) is 70.1 Å². The Hall–Kier alpha value is -1.82. The summed E-state index contributed by atoms with van der Waals surface area (Å²) < 4.78 is 0. The number of fused-ring (bicyclic) bond motifs is 1. The minimum atomic E-state index is 0.799. The van der Waals surface area contributed by atoms with Gasteiger partial charge in [0.25, 0.3) is 0 Å². The summed E-state index contributed by atoms with van der Waals surface area (Å²) in [5, 5.41) is 0. The van der Waals surface area contributed by atoms with Gasteiger partial charge in [0.05, 0.1) is 0 Å². The second-order valence-electron chi connectivity index (χ2n) is 8.71. The van der Waals surface area contributed by atoms with Gasteiger partial charge in [-0.3, -0.25) is 0 Å². The SMILES string of the molecule is C1=C(C2CCCC2)Cc2cccc(-c3ccc(C4CCCCC4)cc3)c21. The lowest BCUT2D eigenvalue weighted by atomic mass is 9.83. The Balaban J connectivity index is 1.43. The van der Waals surface area contributed by atoms with E-state index in [1.807, 2.05) is 0 Å².